The molecule has 0 amide bonds. The fourth-order valence-corrected chi connectivity index (χ4v) is 11.8. The Balaban J connectivity index is 0.00000700. The van der Waals surface area contributed by atoms with Gasteiger partial charge in [0.2, 0.25) is 0 Å². The van der Waals surface area contributed by atoms with Gasteiger partial charge in [-0.3, -0.25) is 17.6 Å². The van der Waals surface area contributed by atoms with E-state index in [1.807, 2.05) is 54.6 Å². The molecule has 0 saturated heterocycles. The monoisotopic (exact) mass is 1320 g/mol. The number of fused-ring (bicyclic) bond motifs is 3. The molecule has 10 aromatic carbocycles. The molecule has 3 aromatic heterocycles. The Morgan fingerprint density at radius 3 is 1.33 bits per heavy atom. The Kier molecular flexibility index (Phi) is 15.0. The van der Waals surface area contributed by atoms with E-state index in [4.69, 9.17) is 4.98 Å². The van der Waals surface area contributed by atoms with E-state index in [9.17, 15) is 8.78 Å². The molecule has 1 aliphatic carbocycles. The summed E-state index contributed by atoms with van der Waals surface area (Å²) in [5.74, 6) is -4.98. The molecule has 0 fully saturated rings. The normalized spacial score (nSPS) is 12.3. The Hall–Kier alpha value is -10.2. The van der Waals surface area contributed by atoms with Gasteiger partial charge < -0.3 is 15.0 Å². The van der Waals surface area contributed by atoms with Crippen molar-refractivity contribution in [2.75, 3.05) is 0 Å². The summed E-state index contributed by atoms with van der Waals surface area (Å²) in [5.41, 5.74) is 14.9. The van der Waals surface area contributed by atoms with Crippen LogP contribution in [0.5, 0.6) is 0 Å². The fourth-order valence-electron chi connectivity index (χ4n) is 11.8. The first kappa shape index (κ1) is 56.0. The molecule has 3 nitrogen and oxygen atoms in total. The quantitative estimate of drug-likeness (QED) is 0.0957. The standard InChI is InChI=1S/C76H41F7N3.Ir/c77-52-18-24-57(47-16-29-73(84-41-47)63-27-21-55(80)38-71(63)82)65(35-52)49-31-50(66-36-53(78)19-25-58(66)48-17-30-74(85-42-48)64-28-22-56(81)39-72(64)83)33-51(32-49)67-37-54(79)20-26-60(67)70-43-86-75(44-9-3-1-4-10-44)40-68(70)46-15-23-62-69(34-46)59-13-7-8-14-61(59)76(62)45-11-5-2-6-12-45;/h1-9,11-26,29-43,76H;/q-3;+3. The molecule has 1 aliphatic rings. The minimum Gasteiger partial charge on any atom is -0.304 e. The van der Waals surface area contributed by atoms with E-state index < -0.39 is 40.7 Å². The topological polar surface area (TPSA) is 38.7 Å². The van der Waals surface area contributed by atoms with Crippen LogP contribution in [0.3, 0.4) is 0 Å². The van der Waals surface area contributed by atoms with Gasteiger partial charge in [0, 0.05) is 53.3 Å². The van der Waals surface area contributed by atoms with Crippen LogP contribution >= 0.6 is 0 Å². The third kappa shape index (κ3) is 10.8. The molecule has 14 rings (SSSR count). The van der Waals surface area contributed by atoms with Crippen LogP contribution in [-0.4, -0.2) is 15.0 Å². The Bertz CT molecular complexity index is 4630. The van der Waals surface area contributed by atoms with Crippen molar-refractivity contribution < 1.29 is 50.8 Å². The maximum atomic E-state index is 16.4. The van der Waals surface area contributed by atoms with Crippen LogP contribution < -0.4 is 0 Å². The van der Waals surface area contributed by atoms with Crippen LogP contribution in [0.1, 0.15) is 22.6 Å². The number of aromatic nitrogens is 3. The van der Waals surface area contributed by atoms with Gasteiger partial charge in [-0.1, -0.05) is 139 Å². The van der Waals surface area contributed by atoms with E-state index in [0.717, 1.165) is 57.6 Å². The summed E-state index contributed by atoms with van der Waals surface area (Å²) in [6.07, 6.45) is 4.79. The molecule has 1 atom stereocenters. The van der Waals surface area contributed by atoms with Crippen molar-refractivity contribution in [3.63, 3.8) is 0 Å². The molecule has 13 aromatic rings. The van der Waals surface area contributed by atoms with Crippen molar-refractivity contribution >= 4 is 0 Å². The Labute approximate surface area is 510 Å². The zero-order chi connectivity index (χ0) is 58.6. The number of nitrogens with zero attached hydrogens (tertiary/aromatic N) is 3. The smallest absolute Gasteiger partial charge is 0.304 e. The van der Waals surface area contributed by atoms with E-state index >= 15 is 22.0 Å². The molecular weight excluding hydrogens is 1280 g/mol. The van der Waals surface area contributed by atoms with Gasteiger partial charge in [-0.2, -0.15) is 0 Å². The van der Waals surface area contributed by atoms with E-state index in [-0.39, 0.29) is 48.5 Å². The second kappa shape index (κ2) is 23.3. The molecule has 0 radical (unpaired) electrons. The van der Waals surface area contributed by atoms with Crippen molar-refractivity contribution in [2.24, 2.45) is 0 Å². The molecule has 0 aliphatic heterocycles. The zero-order valence-corrected chi connectivity index (χ0v) is 47.9. The summed E-state index contributed by atoms with van der Waals surface area (Å²) in [5, 5.41) is 0. The van der Waals surface area contributed by atoms with Crippen LogP contribution in [0.4, 0.5) is 30.7 Å². The largest absolute Gasteiger partial charge is 3.00 e. The summed E-state index contributed by atoms with van der Waals surface area (Å²) in [7, 11) is 0. The van der Waals surface area contributed by atoms with Crippen LogP contribution in [-0.2, 0) is 20.1 Å². The van der Waals surface area contributed by atoms with Gasteiger partial charge in [0.05, 0.1) is 0 Å². The molecule has 0 N–H and O–H groups in total. The number of rotatable bonds is 11. The van der Waals surface area contributed by atoms with Crippen LogP contribution in [0.15, 0.2) is 243 Å². The van der Waals surface area contributed by atoms with Crippen molar-refractivity contribution in [1.82, 2.24) is 15.0 Å². The molecule has 87 heavy (non-hydrogen) atoms. The molecule has 0 spiro atoms. The van der Waals surface area contributed by atoms with Crippen LogP contribution in [0.25, 0.3) is 123 Å². The van der Waals surface area contributed by atoms with Crippen LogP contribution in [0.2, 0.25) is 0 Å². The van der Waals surface area contributed by atoms with Gasteiger partial charge >= 0.3 is 20.1 Å². The Morgan fingerprint density at radius 1 is 0.299 bits per heavy atom. The van der Waals surface area contributed by atoms with Gasteiger partial charge in [-0.25, -0.2) is 13.2 Å². The number of hydrogen-bond donors (Lipinski definition) is 0. The van der Waals surface area contributed by atoms with Crippen molar-refractivity contribution in [3.8, 4) is 123 Å². The first-order chi connectivity index (χ1) is 42.0. The second-order valence-corrected chi connectivity index (χ2v) is 20.9. The molecule has 0 bridgehead atoms. The molecule has 1 unspecified atom stereocenters. The molecule has 3 heterocycles. The second-order valence-electron chi connectivity index (χ2n) is 20.9. The van der Waals surface area contributed by atoms with Crippen molar-refractivity contribution in [1.29, 1.82) is 0 Å². The van der Waals surface area contributed by atoms with Gasteiger partial charge in [-0.05, 0) is 178 Å². The van der Waals surface area contributed by atoms with E-state index in [1.54, 1.807) is 54.7 Å². The molecule has 418 valence electrons. The third-order valence-corrected chi connectivity index (χ3v) is 15.7. The number of halogens is 7. The van der Waals surface area contributed by atoms with Crippen molar-refractivity contribution in [2.45, 2.75) is 5.92 Å². The zero-order valence-electron chi connectivity index (χ0n) is 45.5. The predicted molar refractivity (Wildman–Crippen MR) is 323 cm³/mol. The number of pyridine rings is 3. The van der Waals surface area contributed by atoms with Gasteiger partial charge in [-0.15, -0.1) is 60.2 Å². The summed E-state index contributed by atoms with van der Waals surface area (Å²) in [4.78, 5) is 14.1. The summed E-state index contributed by atoms with van der Waals surface area (Å²) >= 11 is 0. The van der Waals surface area contributed by atoms with Crippen molar-refractivity contribution in [3.05, 3.63) is 319 Å². The minimum atomic E-state index is -0.846. The fraction of sp³-hybridized carbons (Fsp3) is 0.0132. The number of hydrogen-bond acceptors (Lipinski definition) is 3. The molecule has 11 heteroatoms. The number of benzene rings is 10. The Morgan fingerprint density at radius 2 is 0.793 bits per heavy atom. The van der Waals surface area contributed by atoms with E-state index in [1.165, 1.54) is 59.9 Å². The first-order valence-electron chi connectivity index (χ1n) is 27.5. The first-order valence-corrected chi connectivity index (χ1v) is 27.5. The molecular formula is C76H41F7IrN3. The third-order valence-electron chi connectivity index (χ3n) is 15.7. The van der Waals surface area contributed by atoms with E-state index in [2.05, 4.69) is 88.8 Å². The summed E-state index contributed by atoms with van der Waals surface area (Å²) in [6.45, 7) is 0. The van der Waals surface area contributed by atoms with Crippen LogP contribution in [0, 0.1) is 58.9 Å². The summed E-state index contributed by atoms with van der Waals surface area (Å²) in [6, 6.07) is 72.0. The SMILES string of the molecule is Fc1c[c-]c(-c2ccc(-c3ccc(F)cc3-c3cc(-c4cc(F)ccc4-c4ccc(-c5[c-]cc(F)cc5F)nc4)cc(-c4cc(F)ccc4-c4cnc(-c5[c-]cccc5)cc4-c4ccc5c(c4)-c4ccccc4C5c4ccccc4)c3)cn2)c(F)c1.[Ir+3]. The maximum absolute atomic E-state index is 16.4. The minimum absolute atomic E-state index is 0. The van der Waals surface area contributed by atoms with Gasteiger partial charge in [0.15, 0.2) is 0 Å². The predicted octanol–water partition coefficient (Wildman–Crippen LogP) is 20.1. The summed E-state index contributed by atoms with van der Waals surface area (Å²) < 4.78 is 106. The van der Waals surface area contributed by atoms with Gasteiger partial charge in [0.1, 0.15) is 17.5 Å². The molecule has 0 saturated carbocycles. The average Bonchev–Trinajstić information content (AvgIpc) is 1.80. The van der Waals surface area contributed by atoms with Gasteiger partial charge in [0.25, 0.3) is 0 Å². The maximum Gasteiger partial charge on any atom is 3.00 e. The average molecular weight is 1320 g/mol. The van der Waals surface area contributed by atoms with E-state index in [0.29, 0.717) is 72.5 Å².